The molecule has 0 radical (unpaired) electrons. The van der Waals surface area contributed by atoms with Gasteiger partial charge in [-0.25, -0.2) is 14.6 Å². The number of nitrogens with zero attached hydrogens (tertiary/aromatic N) is 2. The molecule has 11 heteroatoms. The zero-order valence-electron chi connectivity index (χ0n) is 28.4. The maximum Gasteiger partial charge on any atom is 0.407 e. The molecule has 0 spiro atoms. The molecule has 2 aliphatic heterocycles. The summed E-state index contributed by atoms with van der Waals surface area (Å²) in [5, 5.41) is 3.67. The summed E-state index contributed by atoms with van der Waals surface area (Å²) in [5.74, 6) is 0.667. The SMILES string of the molecule is C=Cc1c(OC)c2cc3c(cc(OCC)nc13)O[C@@H]1C[C@@H](C(=O)OC)N(C1)C(=O)[C@H](C1CCCCC1)NC(=O)OCC(C)(C)CCC2. The van der Waals surface area contributed by atoms with Crippen LogP contribution in [0.15, 0.2) is 18.7 Å². The van der Waals surface area contributed by atoms with Crippen LogP contribution in [-0.4, -0.2) is 80.0 Å². The molecule has 1 aromatic heterocycles. The Morgan fingerprint density at radius 3 is 2.62 bits per heavy atom. The monoisotopic (exact) mass is 651 g/mol. The molecule has 3 atom stereocenters. The van der Waals surface area contributed by atoms with E-state index in [1.165, 1.54) is 12.0 Å². The van der Waals surface area contributed by atoms with Gasteiger partial charge in [-0.3, -0.25) is 4.79 Å². The Morgan fingerprint density at radius 1 is 1.17 bits per heavy atom. The van der Waals surface area contributed by atoms with Crippen molar-refractivity contribution in [1.29, 1.82) is 0 Å². The number of esters is 1. The Labute approximate surface area is 277 Å². The van der Waals surface area contributed by atoms with E-state index >= 15 is 0 Å². The predicted octanol–water partition coefficient (Wildman–Crippen LogP) is 5.84. The van der Waals surface area contributed by atoms with E-state index in [1.807, 2.05) is 13.0 Å². The van der Waals surface area contributed by atoms with E-state index in [2.05, 4.69) is 25.7 Å². The van der Waals surface area contributed by atoms with Crippen LogP contribution >= 0.6 is 0 Å². The number of methoxy groups -OCH3 is 2. The van der Waals surface area contributed by atoms with Crippen molar-refractivity contribution in [1.82, 2.24) is 15.2 Å². The molecule has 256 valence electrons. The Balaban J connectivity index is 1.62. The highest BCUT2D eigenvalue weighted by Gasteiger charge is 2.46. The number of cyclic esters (lactones) is 1. The summed E-state index contributed by atoms with van der Waals surface area (Å²) in [6, 6.07) is 2.10. The summed E-state index contributed by atoms with van der Waals surface area (Å²) in [5.41, 5.74) is 2.00. The van der Waals surface area contributed by atoms with Gasteiger partial charge in [0.2, 0.25) is 11.8 Å². The number of aryl methyl sites for hydroxylation is 1. The fraction of sp³-hybridized carbons (Fsp3) is 0.611. The Kier molecular flexibility index (Phi) is 10.8. The second-order valence-corrected chi connectivity index (χ2v) is 13.6. The number of carbonyl (C=O) groups is 3. The van der Waals surface area contributed by atoms with Crippen LogP contribution < -0.4 is 19.5 Å². The van der Waals surface area contributed by atoms with Crippen molar-refractivity contribution in [3.63, 3.8) is 0 Å². The molecule has 3 aliphatic rings. The van der Waals surface area contributed by atoms with Gasteiger partial charge in [0.05, 0.1) is 39.5 Å². The molecule has 47 heavy (non-hydrogen) atoms. The van der Waals surface area contributed by atoms with Gasteiger partial charge in [-0.05, 0) is 62.0 Å². The molecule has 2 amide bonds. The van der Waals surface area contributed by atoms with E-state index in [0.29, 0.717) is 35.9 Å². The molecule has 1 aliphatic carbocycles. The topological polar surface area (TPSA) is 126 Å². The Morgan fingerprint density at radius 2 is 1.94 bits per heavy atom. The van der Waals surface area contributed by atoms with Gasteiger partial charge in [-0.1, -0.05) is 45.8 Å². The molecule has 4 bridgehead atoms. The number of ether oxygens (including phenoxy) is 5. The summed E-state index contributed by atoms with van der Waals surface area (Å²) < 4.78 is 29.3. The quantitative estimate of drug-likeness (QED) is 0.383. The number of amides is 2. The summed E-state index contributed by atoms with van der Waals surface area (Å²) in [6.07, 6.45) is 7.70. The molecule has 0 unspecified atom stereocenters. The highest BCUT2D eigenvalue weighted by molar-refractivity contribution is 5.95. The first-order chi connectivity index (χ1) is 22.6. The lowest BCUT2D eigenvalue weighted by atomic mass is 9.83. The number of alkyl carbamates (subject to hydrolysis) is 1. The second kappa shape index (κ2) is 14.8. The molecule has 2 aromatic rings. The average Bonchev–Trinajstić information content (AvgIpc) is 3.49. The van der Waals surface area contributed by atoms with E-state index in [-0.39, 0.29) is 36.8 Å². The number of nitrogens with one attached hydrogen (secondary N) is 1. The molecule has 1 N–H and O–H groups in total. The van der Waals surface area contributed by atoms with Gasteiger partial charge >= 0.3 is 12.1 Å². The van der Waals surface area contributed by atoms with Crippen molar-refractivity contribution < 1.29 is 38.1 Å². The van der Waals surface area contributed by atoms with Crippen LogP contribution in [-0.2, 0) is 25.5 Å². The third-order valence-electron chi connectivity index (χ3n) is 9.67. The van der Waals surface area contributed by atoms with Gasteiger partial charge in [0.15, 0.2) is 0 Å². The van der Waals surface area contributed by atoms with E-state index < -0.39 is 30.3 Å². The standard InChI is InChI=1S/C36H49N3O8/c1-7-25-31-26-17-23(32(25)43-5)15-12-16-36(3,4)21-46-35(42)38-30(22-13-10-9-11-14-22)33(40)39-20-24(18-27(39)34(41)44-6)47-28(26)19-29(37-31)45-8-2/h7,17,19,22,24,27,30H,1,8-16,18,20-21H2,2-6H3,(H,38,42)/t24-,27+,30+/m1/s1. The van der Waals surface area contributed by atoms with E-state index in [4.69, 9.17) is 28.7 Å². The smallest absolute Gasteiger partial charge is 0.407 e. The number of rotatable bonds is 6. The van der Waals surface area contributed by atoms with Crippen molar-refractivity contribution in [2.24, 2.45) is 11.3 Å². The lowest BCUT2D eigenvalue weighted by Crippen LogP contribution is -2.55. The molecule has 5 rings (SSSR count). The molecule has 3 heterocycles. The molecule has 2 fully saturated rings. The van der Waals surface area contributed by atoms with Crippen LogP contribution in [0.2, 0.25) is 0 Å². The maximum absolute atomic E-state index is 14.4. The minimum absolute atomic E-state index is 0.0655. The van der Waals surface area contributed by atoms with Crippen LogP contribution in [0.25, 0.3) is 17.0 Å². The van der Waals surface area contributed by atoms with Crippen LogP contribution in [0.3, 0.4) is 0 Å². The molecule has 1 saturated carbocycles. The van der Waals surface area contributed by atoms with Crippen LogP contribution in [0, 0.1) is 11.3 Å². The predicted molar refractivity (Wildman–Crippen MR) is 178 cm³/mol. The third kappa shape index (κ3) is 7.60. The first-order valence-corrected chi connectivity index (χ1v) is 16.9. The highest BCUT2D eigenvalue weighted by atomic mass is 16.6. The molecule has 1 aromatic carbocycles. The number of aromatic nitrogens is 1. The average molecular weight is 652 g/mol. The second-order valence-electron chi connectivity index (χ2n) is 13.6. The Bertz CT molecular complexity index is 1480. The maximum atomic E-state index is 14.4. The number of hydrogen-bond donors (Lipinski definition) is 1. The molecular weight excluding hydrogens is 602 g/mol. The van der Waals surface area contributed by atoms with Gasteiger partial charge in [-0.15, -0.1) is 0 Å². The number of hydrogen-bond acceptors (Lipinski definition) is 9. The lowest BCUT2D eigenvalue weighted by Gasteiger charge is -2.34. The van der Waals surface area contributed by atoms with E-state index in [1.54, 1.807) is 19.3 Å². The summed E-state index contributed by atoms with van der Waals surface area (Å²) >= 11 is 0. The van der Waals surface area contributed by atoms with Crippen molar-refractivity contribution in [3.05, 3.63) is 29.8 Å². The zero-order chi connectivity index (χ0) is 33.7. The number of pyridine rings is 1. The van der Waals surface area contributed by atoms with Crippen molar-refractivity contribution >= 4 is 34.9 Å². The number of fused-ring (bicyclic) bond motifs is 3. The largest absolute Gasteiger partial charge is 0.496 e. The first-order valence-electron chi connectivity index (χ1n) is 16.9. The minimum atomic E-state index is -0.874. The van der Waals surface area contributed by atoms with Gasteiger partial charge < -0.3 is 33.9 Å². The van der Waals surface area contributed by atoms with Gasteiger partial charge in [0.1, 0.15) is 29.7 Å². The van der Waals surface area contributed by atoms with Crippen molar-refractivity contribution in [2.45, 2.75) is 96.7 Å². The van der Waals surface area contributed by atoms with Crippen LogP contribution in [0.4, 0.5) is 4.79 Å². The van der Waals surface area contributed by atoms with Crippen LogP contribution in [0.5, 0.6) is 17.4 Å². The fourth-order valence-corrected chi connectivity index (χ4v) is 7.26. The normalized spacial score (nSPS) is 24.0. The summed E-state index contributed by atoms with van der Waals surface area (Å²) in [7, 11) is 2.95. The summed E-state index contributed by atoms with van der Waals surface area (Å²) in [6.45, 7) is 10.8. The van der Waals surface area contributed by atoms with Gasteiger partial charge in [0.25, 0.3) is 0 Å². The van der Waals surface area contributed by atoms with Gasteiger partial charge in [0, 0.05) is 23.4 Å². The fourth-order valence-electron chi connectivity index (χ4n) is 7.26. The molecule has 1 saturated heterocycles. The minimum Gasteiger partial charge on any atom is -0.496 e. The van der Waals surface area contributed by atoms with Crippen molar-refractivity contribution in [3.8, 4) is 17.4 Å². The third-order valence-corrected chi connectivity index (χ3v) is 9.67. The molecular formula is C36H49N3O8. The van der Waals surface area contributed by atoms with Crippen molar-refractivity contribution in [2.75, 3.05) is 34.0 Å². The van der Waals surface area contributed by atoms with E-state index in [0.717, 1.165) is 61.5 Å². The van der Waals surface area contributed by atoms with E-state index in [9.17, 15) is 14.4 Å². The molecule has 11 nitrogen and oxygen atoms in total. The highest BCUT2D eigenvalue weighted by Crippen LogP contribution is 2.41. The Hall–Kier alpha value is -4.02. The zero-order valence-corrected chi connectivity index (χ0v) is 28.4. The van der Waals surface area contributed by atoms with Crippen LogP contribution in [0.1, 0.15) is 83.3 Å². The number of benzene rings is 1. The first kappa shape index (κ1) is 34.3. The summed E-state index contributed by atoms with van der Waals surface area (Å²) in [4.78, 5) is 47.0. The number of carbonyl (C=O) groups excluding carboxylic acids is 3. The lowest BCUT2D eigenvalue weighted by molar-refractivity contribution is -0.152. The van der Waals surface area contributed by atoms with Gasteiger partial charge in [-0.2, -0.15) is 0 Å².